The molecule has 1 heterocycles. The third kappa shape index (κ3) is 1.83. The van der Waals surface area contributed by atoms with Gasteiger partial charge in [-0.1, -0.05) is 0 Å². The molecule has 0 saturated carbocycles. The molecule has 0 saturated heterocycles. The molecule has 0 aliphatic heterocycles. The van der Waals surface area contributed by atoms with Crippen LogP contribution in [0.5, 0.6) is 0 Å². The smallest absolute Gasteiger partial charge is 0.253 e. The van der Waals surface area contributed by atoms with E-state index in [-0.39, 0.29) is 17.1 Å². The molecule has 70 valence electrons. The van der Waals surface area contributed by atoms with Crippen LogP contribution in [0, 0.1) is 0 Å². The Hall–Kier alpha value is -1.43. The summed E-state index contributed by atoms with van der Waals surface area (Å²) in [5.41, 5.74) is 16.6. The Morgan fingerprint density at radius 1 is 1.54 bits per heavy atom. The zero-order valence-corrected chi connectivity index (χ0v) is 7.89. The van der Waals surface area contributed by atoms with Gasteiger partial charge >= 0.3 is 0 Å². The number of hydrogen-bond donors (Lipinski definition) is 3. The molecule has 1 rings (SSSR count). The van der Waals surface area contributed by atoms with E-state index in [0.717, 1.165) is 0 Å². The molecule has 6 heteroatoms. The zero-order chi connectivity index (χ0) is 10.0. The largest absolute Gasteiger partial charge is 0.398 e. The number of thioether (sulfide) groups is 1. The number of aromatic nitrogens is 1. The number of pyridine rings is 1. The lowest BCUT2D eigenvalue weighted by Gasteiger charge is -2.06. The summed E-state index contributed by atoms with van der Waals surface area (Å²) in [4.78, 5) is 14.9. The van der Waals surface area contributed by atoms with Gasteiger partial charge in [0.15, 0.2) is 0 Å². The van der Waals surface area contributed by atoms with Gasteiger partial charge in [-0.05, 0) is 6.26 Å². The van der Waals surface area contributed by atoms with Gasteiger partial charge in [0, 0.05) is 6.07 Å². The number of carbonyl (C=O) groups excluding carboxylic acids is 1. The molecule has 0 aliphatic rings. The third-order valence-electron chi connectivity index (χ3n) is 1.48. The van der Waals surface area contributed by atoms with Crippen LogP contribution < -0.4 is 17.2 Å². The van der Waals surface area contributed by atoms with Crippen LogP contribution in [0.25, 0.3) is 0 Å². The Labute approximate surface area is 79.7 Å². The minimum atomic E-state index is -0.589. The van der Waals surface area contributed by atoms with Gasteiger partial charge in [0.25, 0.3) is 5.91 Å². The molecule has 6 N–H and O–H groups in total. The molecule has 0 fully saturated rings. The second kappa shape index (κ2) is 3.53. The van der Waals surface area contributed by atoms with Gasteiger partial charge in [-0.25, -0.2) is 4.98 Å². The molecule has 13 heavy (non-hydrogen) atoms. The second-order valence-corrected chi connectivity index (χ2v) is 3.18. The van der Waals surface area contributed by atoms with E-state index >= 15 is 0 Å². The first kappa shape index (κ1) is 9.66. The fourth-order valence-electron chi connectivity index (χ4n) is 0.956. The minimum absolute atomic E-state index is 0.238. The molecule has 0 aliphatic carbocycles. The first-order valence-electron chi connectivity index (χ1n) is 3.46. The van der Waals surface area contributed by atoms with Gasteiger partial charge in [0.2, 0.25) is 0 Å². The zero-order valence-electron chi connectivity index (χ0n) is 7.07. The second-order valence-electron chi connectivity index (χ2n) is 2.38. The van der Waals surface area contributed by atoms with E-state index < -0.39 is 5.91 Å². The highest BCUT2D eigenvalue weighted by Gasteiger charge is 2.13. The van der Waals surface area contributed by atoms with Crippen molar-refractivity contribution >= 4 is 29.2 Å². The summed E-state index contributed by atoms with van der Waals surface area (Å²) in [6, 6.07) is 1.42. The lowest BCUT2D eigenvalue weighted by Crippen LogP contribution is -2.16. The average Bonchev–Trinajstić information content (AvgIpc) is 2.01. The molecule has 1 aromatic heterocycles. The van der Waals surface area contributed by atoms with Crippen molar-refractivity contribution in [3.05, 3.63) is 11.6 Å². The number of nitrogen functional groups attached to an aromatic ring is 2. The Kier molecular flexibility index (Phi) is 2.62. The van der Waals surface area contributed by atoms with Crippen LogP contribution in [0.3, 0.4) is 0 Å². The standard InChI is InChI=1S/C7H10N4OS/c1-13-7-5(6(10)12)3(8)2-4(9)11-7/h2H,1H3,(H2,10,12)(H4,8,9,11). The van der Waals surface area contributed by atoms with Crippen molar-refractivity contribution in [1.82, 2.24) is 4.98 Å². The summed E-state index contributed by atoms with van der Waals surface area (Å²) < 4.78 is 0. The Morgan fingerprint density at radius 3 is 2.62 bits per heavy atom. The van der Waals surface area contributed by atoms with Crippen molar-refractivity contribution in [2.75, 3.05) is 17.7 Å². The quantitative estimate of drug-likeness (QED) is 0.582. The summed E-state index contributed by atoms with van der Waals surface area (Å²) in [5.74, 6) is -0.304. The number of nitrogens with zero attached hydrogens (tertiary/aromatic N) is 1. The van der Waals surface area contributed by atoms with Crippen LogP contribution in [0.4, 0.5) is 11.5 Å². The van der Waals surface area contributed by atoms with Gasteiger partial charge in [0.05, 0.1) is 11.3 Å². The molecule has 0 radical (unpaired) electrons. The lowest BCUT2D eigenvalue weighted by molar-refractivity contribution is 0.0998. The van der Waals surface area contributed by atoms with Crippen LogP contribution in [-0.2, 0) is 0 Å². The van der Waals surface area contributed by atoms with Gasteiger partial charge in [0.1, 0.15) is 10.8 Å². The monoisotopic (exact) mass is 198 g/mol. The van der Waals surface area contributed by atoms with Gasteiger partial charge < -0.3 is 17.2 Å². The number of nitrogens with two attached hydrogens (primary N) is 3. The van der Waals surface area contributed by atoms with Gasteiger partial charge in [-0.15, -0.1) is 11.8 Å². The van der Waals surface area contributed by atoms with Crippen molar-refractivity contribution in [1.29, 1.82) is 0 Å². The molecule has 0 bridgehead atoms. The number of hydrogen-bond acceptors (Lipinski definition) is 5. The first-order valence-corrected chi connectivity index (χ1v) is 4.68. The molecule has 1 amide bonds. The summed E-state index contributed by atoms with van der Waals surface area (Å²) >= 11 is 1.28. The van der Waals surface area contributed by atoms with Crippen LogP contribution in [-0.4, -0.2) is 17.1 Å². The fourth-order valence-corrected chi connectivity index (χ4v) is 1.58. The van der Waals surface area contributed by atoms with E-state index in [2.05, 4.69) is 4.98 Å². The summed E-state index contributed by atoms with van der Waals surface area (Å²) in [6.07, 6.45) is 1.77. The van der Waals surface area contributed by atoms with E-state index in [9.17, 15) is 4.79 Å². The summed E-state index contributed by atoms with van der Waals surface area (Å²) in [7, 11) is 0. The van der Waals surface area contributed by atoms with Gasteiger partial charge in [-0.3, -0.25) is 4.79 Å². The van der Waals surface area contributed by atoms with Crippen molar-refractivity contribution < 1.29 is 4.79 Å². The number of amides is 1. The Balaban J connectivity index is 3.38. The SMILES string of the molecule is CSc1nc(N)cc(N)c1C(N)=O. The highest BCUT2D eigenvalue weighted by molar-refractivity contribution is 7.98. The number of carbonyl (C=O) groups is 1. The molecule has 0 unspecified atom stereocenters. The van der Waals surface area contributed by atoms with Crippen molar-refractivity contribution in [3.8, 4) is 0 Å². The fraction of sp³-hybridized carbons (Fsp3) is 0.143. The number of rotatable bonds is 2. The Bertz CT molecular complexity index is 353. The maximum atomic E-state index is 11.0. The molecule has 0 spiro atoms. The highest BCUT2D eigenvalue weighted by atomic mass is 32.2. The molecule has 0 atom stereocenters. The van der Waals surface area contributed by atoms with Crippen molar-refractivity contribution in [2.24, 2.45) is 5.73 Å². The highest BCUT2D eigenvalue weighted by Crippen LogP contribution is 2.24. The summed E-state index contributed by atoms with van der Waals surface area (Å²) in [5, 5.41) is 0.463. The number of primary amides is 1. The van der Waals surface area contributed by atoms with Crippen molar-refractivity contribution in [3.63, 3.8) is 0 Å². The van der Waals surface area contributed by atoms with Crippen LogP contribution in [0.15, 0.2) is 11.1 Å². The lowest BCUT2D eigenvalue weighted by atomic mass is 10.2. The molecule has 0 aromatic carbocycles. The van der Waals surface area contributed by atoms with Crippen molar-refractivity contribution in [2.45, 2.75) is 5.03 Å². The normalized spacial score (nSPS) is 9.92. The molecule has 5 nitrogen and oxygen atoms in total. The van der Waals surface area contributed by atoms with E-state index in [1.165, 1.54) is 17.8 Å². The maximum absolute atomic E-state index is 11.0. The minimum Gasteiger partial charge on any atom is -0.398 e. The average molecular weight is 198 g/mol. The maximum Gasteiger partial charge on any atom is 0.253 e. The predicted molar refractivity (Wildman–Crippen MR) is 53.4 cm³/mol. The van der Waals surface area contributed by atoms with Crippen LogP contribution >= 0.6 is 11.8 Å². The first-order chi connectivity index (χ1) is 6.06. The van der Waals surface area contributed by atoms with E-state index in [0.29, 0.717) is 5.03 Å². The van der Waals surface area contributed by atoms with Gasteiger partial charge in [-0.2, -0.15) is 0 Å². The topological polar surface area (TPSA) is 108 Å². The Morgan fingerprint density at radius 2 is 2.15 bits per heavy atom. The molecular formula is C7H10N4OS. The molecular weight excluding hydrogens is 188 g/mol. The van der Waals surface area contributed by atoms with Crippen LogP contribution in [0.1, 0.15) is 10.4 Å². The van der Waals surface area contributed by atoms with Crippen LogP contribution in [0.2, 0.25) is 0 Å². The molecule has 1 aromatic rings. The summed E-state index contributed by atoms with van der Waals surface area (Å²) in [6.45, 7) is 0. The number of anilines is 2. The predicted octanol–water partition coefficient (Wildman–Crippen LogP) is 0.0668. The third-order valence-corrected chi connectivity index (χ3v) is 2.16. The van der Waals surface area contributed by atoms with E-state index in [1.54, 1.807) is 6.26 Å². The van der Waals surface area contributed by atoms with E-state index in [1.807, 2.05) is 0 Å². The van der Waals surface area contributed by atoms with E-state index in [4.69, 9.17) is 17.2 Å².